The van der Waals surface area contributed by atoms with E-state index >= 15 is 0 Å². The number of carbonyl (C=O) groups is 1. The number of hydrogen-bond donors (Lipinski definition) is 0. The van der Waals surface area contributed by atoms with Crippen LogP contribution in [0.2, 0.25) is 0 Å². The third-order valence-electron chi connectivity index (χ3n) is 2.70. The Labute approximate surface area is 90.7 Å². The van der Waals surface area contributed by atoms with E-state index in [9.17, 15) is 18.0 Å². The molecule has 0 bridgehead atoms. The molecule has 1 rings (SSSR count). The minimum absolute atomic E-state index is 0.186. The molecule has 0 N–H and O–H groups in total. The zero-order chi connectivity index (χ0) is 11.5. The third kappa shape index (κ3) is 3.00. The third-order valence-corrected chi connectivity index (χ3v) is 2.78. The van der Waals surface area contributed by atoms with Crippen LogP contribution in [0, 0.1) is 0 Å². The molecule has 0 unspecified atom stereocenters. The van der Waals surface area contributed by atoms with Crippen molar-refractivity contribution in [2.24, 2.45) is 0 Å². The van der Waals surface area contributed by atoms with Gasteiger partial charge in [0, 0.05) is 11.6 Å². The van der Waals surface area contributed by atoms with Crippen molar-refractivity contribution >= 4 is 17.0 Å². The van der Waals surface area contributed by atoms with E-state index < -0.39 is 17.2 Å². The average molecular weight is 245 g/mol. The van der Waals surface area contributed by atoms with E-state index in [2.05, 4.69) is 4.74 Å². The predicted octanol–water partition coefficient (Wildman–Crippen LogP) is 4.02. The van der Waals surface area contributed by atoms with Crippen LogP contribution in [0.4, 0.5) is 18.0 Å². The van der Waals surface area contributed by atoms with Gasteiger partial charge in [0.2, 0.25) is 5.60 Å². The summed E-state index contributed by atoms with van der Waals surface area (Å²) in [7, 11) is 0. The molecule has 0 aliphatic heterocycles. The summed E-state index contributed by atoms with van der Waals surface area (Å²) in [5, 5.41) is 0. The molecule has 0 amide bonds. The van der Waals surface area contributed by atoms with E-state index in [4.69, 9.17) is 11.6 Å². The van der Waals surface area contributed by atoms with Crippen LogP contribution in [0.5, 0.6) is 0 Å². The second kappa shape index (κ2) is 4.60. The monoisotopic (exact) mass is 244 g/mol. The van der Waals surface area contributed by atoms with Crippen LogP contribution in [0.3, 0.4) is 0 Å². The Morgan fingerprint density at radius 2 is 1.60 bits per heavy atom. The first-order chi connectivity index (χ1) is 6.87. The number of ether oxygens (including phenoxy) is 1. The summed E-state index contributed by atoms with van der Waals surface area (Å²) in [6.07, 6.45) is -2.63. The van der Waals surface area contributed by atoms with Crippen molar-refractivity contribution in [3.8, 4) is 0 Å². The SMILES string of the molecule is O=C(Cl)OC1(C(F)(F)F)CCCCCC1. The fraction of sp³-hybridized carbons (Fsp3) is 0.889. The Kier molecular flexibility index (Phi) is 3.87. The number of rotatable bonds is 1. The summed E-state index contributed by atoms with van der Waals surface area (Å²) < 4.78 is 42.7. The van der Waals surface area contributed by atoms with Gasteiger partial charge in [0.1, 0.15) is 0 Å². The van der Waals surface area contributed by atoms with E-state index in [1.165, 1.54) is 0 Å². The van der Waals surface area contributed by atoms with Gasteiger partial charge in [0.25, 0.3) is 0 Å². The Hall–Kier alpha value is -0.450. The van der Waals surface area contributed by atoms with E-state index in [0.717, 1.165) is 12.8 Å². The molecule has 0 saturated heterocycles. The molecule has 0 aromatic carbocycles. The molecule has 6 heteroatoms. The molecular weight excluding hydrogens is 233 g/mol. The minimum atomic E-state index is -4.54. The zero-order valence-electron chi connectivity index (χ0n) is 8.07. The van der Waals surface area contributed by atoms with Crippen LogP contribution in [-0.4, -0.2) is 17.2 Å². The number of alkyl halides is 3. The topological polar surface area (TPSA) is 26.3 Å². The van der Waals surface area contributed by atoms with E-state index in [1.54, 1.807) is 0 Å². The van der Waals surface area contributed by atoms with E-state index in [0.29, 0.717) is 12.8 Å². The zero-order valence-corrected chi connectivity index (χ0v) is 8.83. The number of hydrogen-bond acceptors (Lipinski definition) is 2. The van der Waals surface area contributed by atoms with Gasteiger partial charge in [-0.3, -0.25) is 0 Å². The summed E-state index contributed by atoms with van der Waals surface area (Å²) in [6, 6.07) is 0. The standard InChI is InChI=1S/C9H12ClF3O2/c10-7(14)15-8(9(11,12)13)5-3-1-2-4-6-8/h1-6H2. The van der Waals surface area contributed by atoms with Gasteiger partial charge in [0.05, 0.1) is 0 Å². The van der Waals surface area contributed by atoms with Gasteiger partial charge < -0.3 is 4.74 Å². The summed E-state index contributed by atoms with van der Waals surface area (Å²) in [6.45, 7) is 0. The Morgan fingerprint density at radius 1 is 1.13 bits per heavy atom. The normalized spacial score (nSPS) is 21.9. The predicted molar refractivity (Wildman–Crippen MR) is 48.8 cm³/mol. The van der Waals surface area contributed by atoms with Gasteiger partial charge in [-0.2, -0.15) is 13.2 Å². The lowest BCUT2D eigenvalue weighted by Gasteiger charge is -2.33. The van der Waals surface area contributed by atoms with Gasteiger partial charge in [-0.25, -0.2) is 4.79 Å². The van der Waals surface area contributed by atoms with Gasteiger partial charge in [-0.05, 0) is 25.7 Å². The summed E-state index contributed by atoms with van der Waals surface area (Å²) in [4.78, 5) is 10.5. The van der Waals surface area contributed by atoms with Crippen LogP contribution in [0.15, 0.2) is 0 Å². The molecule has 0 heterocycles. The van der Waals surface area contributed by atoms with Crippen molar-refractivity contribution in [3.63, 3.8) is 0 Å². The largest absolute Gasteiger partial charge is 0.437 e. The highest BCUT2D eigenvalue weighted by molar-refractivity contribution is 6.61. The molecule has 1 saturated carbocycles. The second-order valence-electron chi connectivity index (χ2n) is 3.75. The first-order valence-electron chi connectivity index (χ1n) is 4.83. The maximum Gasteiger partial charge on any atom is 0.428 e. The Morgan fingerprint density at radius 3 is 1.93 bits per heavy atom. The molecule has 0 aromatic heterocycles. The molecule has 1 fully saturated rings. The molecular formula is C9H12ClF3O2. The van der Waals surface area contributed by atoms with Crippen LogP contribution in [0.1, 0.15) is 38.5 Å². The van der Waals surface area contributed by atoms with Crippen molar-refractivity contribution in [2.45, 2.75) is 50.3 Å². The molecule has 2 nitrogen and oxygen atoms in total. The lowest BCUT2D eigenvalue weighted by Crippen LogP contribution is -2.47. The summed E-state index contributed by atoms with van der Waals surface area (Å²) in [5.41, 5.74) is -3.74. The van der Waals surface area contributed by atoms with Crippen LogP contribution in [-0.2, 0) is 4.74 Å². The van der Waals surface area contributed by atoms with E-state index in [-0.39, 0.29) is 12.8 Å². The highest BCUT2D eigenvalue weighted by Gasteiger charge is 2.57. The second-order valence-corrected chi connectivity index (χ2v) is 4.05. The minimum Gasteiger partial charge on any atom is -0.437 e. The van der Waals surface area contributed by atoms with Crippen LogP contribution in [0.25, 0.3) is 0 Å². The fourth-order valence-corrected chi connectivity index (χ4v) is 2.04. The molecule has 1 aliphatic rings. The Bertz CT molecular complexity index is 232. The van der Waals surface area contributed by atoms with Crippen molar-refractivity contribution in [3.05, 3.63) is 0 Å². The highest BCUT2D eigenvalue weighted by atomic mass is 35.5. The summed E-state index contributed by atoms with van der Waals surface area (Å²) in [5.74, 6) is 0. The maximum atomic E-state index is 12.8. The van der Waals surface area contributed by atoms with E-state index in [1.807, 2.05) is 0 Å². The first-order valence-corrected chi connectivity index (χ1v) is 5.20. The molecule has 88 valence electrons. The Balaban J connectivity index is 2.87. The lowest BCUT2D eigenvalue weighted by atomic mass is 9.93. The molecule has 0 atom stereocenters. The van der Waals surface area contributed by atoms with Crippen LogP contribution >= 0.6 is 11.6 Å². The quantitative estimate of drug-likeness (QED) is 0.514. The molecule has 1 aliphatic carbocycles. The van der Waals surface area contributed by atoms with Crippen LogP contribution < -0.4 is 0 Å². The first kappa shape index (κ1) is 12.6. The van der Waals surface area contributed by atoms with Crippen molar-refractivity contribution in [1.82, 2.24) is 0 Å². The van der Waals surface area contributed by atoms with Crippen molar-refractivity contribution in [2.75, 3.05) is 0 Å². The molecule has 0 radical (unpaired) electrons. The summed E-state index contributed by atoms with van der Waals surface area (Å²) >= 11 is 4.90. The van der Waals surface area contributed by atoms with Gasteiger partial charge in [-0.15, -0.1) is 0 Å². The fourth-order valence-electron chi connectivity index (χ4n) is 1.90. The van der Waals surface area contributed by atoms with Gasteiger partial charge in [0.15, 0.2) is 0 Å². The van der Waals surface area contributed by atoms with Gasteiger partial charge >= 0.3 is 11.6 Å². The lowest BCUT2D eigenvalue weighted by molar-refractivity contribution is -0.260. The molecule has 15 heavy (non-hydrogen) atoms. The van der Waals surface area contributed by atoms with Crippen molar-refractivity contribution in [1.29, 1.82) is 0 Å². The molecule has 0 spiro atoms. The highest BCUT2D eigenvalue weighted by Crippen LogP contribution is 2.43. The molecule has 0 aromatic rings. The number of halogens is 4. The number of carbonyl (C=O) groups excluding carboxylic acids is 1. The van der Waals surface area contributed by atoms with Gasteiger partial charge in [-0.1, -0.05) is 12.8 Å². The maximum absolute atomic E-state index is 12.8. The van der Waals surface area contributed by atoms with Crippen molar-refractivity contribution < 1.29 is 22.7 Å². The average Bonchev–Trinajstić information content (AvgIpc) is 2.28. The smallest absolute Gasteiger partial charge is 0.428 e.